The predicted octanol–water partition coefficient (Wildman–Crippen LogP) is 8.49. The van der Waals surface area contributed by atoms with Crippen LogP contribution in [0.3, 0.4) is 0 Å². The first kappa shape index (κ1) is 26.4. The molecule has 0 amide bonds. The van der Waals surface area contributed by atoms with E-state index in [4.69, 9.17) is 14.7 Å². The van der Waals surface area contributed by atoms with Gasteiger partial charge in [0.1, 0.15) is 0 Å². The van der Waals surface area contributed by atoms with Crippen LogP contribution < -0.4 is 0 Å². The zero-order valence-electron chi connectivity index (χ0n) is 23.8. The van der Waals surface area contributed by atoms with Crippen molar-refractivity contribution < 1.29 is 9.53 Å². The Morgan fingerprint density at radius 2 is 1.14 bits per heavy atom. The number of aromatic nitrogens is 4. The summed E-state index contributed by atoms with van der Waals surface area (Å²) in [5.74, 6) is -0.233. The normalized spacial score (nSPS) is 12.0. The van der Waals surface area contributed by atoms with E-state index in [2.05, 4.69) is 64.6 Å². The summed E-state index contributed by atoms with van der Waals surface area (Å²) in [6, 6.07) is 31.1. The van der Waals surface area contributed by atoms with E-state index >= 15 is 0 Å². The second-order valence-corrected chi connectivity index (χ2v) is 10.5. The average Bonchev–Trinajstić information content (AvgIpc) is 3.85. The number of nitrogens with zero attached hydrogens (tertiary/aromatic N) is 2. The van der Waals surface area contributed by atoms with Gasteiger partial charge in [-0.1, -0.05) is 60.7 Å². The van der Waals surface area contributed by atoms with Gasteiger partial charge in [0.05, 0.1) is 29.4 Å². The van der Waals surface area contributed by atoms with Crippen LogP contribution >= 0.6 is 0 Å². The average molecular weight is 563 g/mol. The monoisotopic (exact) mass is 562 g/mol. The Morgan fingerprint density at radius 3 is 1.63 bits per heavy atom. The van der Waals surface area contributed by atoms with Crippen molar-refractivity contribution in [2.45, 2.75) is 19.8 Å². The van der Waals surface area contributed by atoms with Crippen LogP contribution in [-0.4, -0.2) is 32.5 Å². The highest BCUT2D eigenvalue weighted by atomic mass is 16.5. The fraction of sp³-hybridized carbons (Fsp3) is 0.108. The largest absolute Gasteiger partial charge is 0.466 e. The highest BCUT2D eigenvalue weighted by Gasteiger charge is 2.18. The first-order chi connectivity index (χ1) is 21.2. The summed E-state index contributed by atoms with van der Waals surface area (Å²) in [5, 5.41) is 0. The Hall–Kier alpha value is -5.49. The van der Waals surface area contributed by atoms with Crippen molar-refractivity contribution >= 4 is 52.3 Å². The van der Waals surface area contributed by atoms with Crippen LogP contribution in [0.5, 0.6) is 0 Å². The molecule has 6 nitrogen and oxygen atoms in total. The summed E-state index contributed by atoms with van der Waals surface area (Å²) in [4.78, 5) is 30.0. The molecule has 2 aliphatic heterocycles. The van der Waals surface area contributed by atoms with Crippen molar-refractivity contribution in [3.63, 3.8) is 0 Å². The number of rotatable bonds is 6. The van der Waals surface area contributed by atoms with Gasteiger partial charge in [0, 0.05) is 45.2 Å². The lowest BCUT2D eigenvalue weighted by Crippen LogP contribution is -2.06. The number of hydrogen-bond donors (Lipinski definition) is 2. The maximum absolute atomic E-state index is 12.5. The molecular weight excluding hydrogens is 532 g/mol. The summed E-state index contributed by atoms with van der Waals surface area (Å²) < 4.78 is 5.27. The van der Waals surface area contributed by atoms with Crippen LogP contribution in [0.2, 0.25) is 0 Å². The number of fused-ring (bicyclic) bond motifs is 8. The summed E-state index contributed by atoms with van der Waals surface area (Å²) in [6.45, 7) is 2.18. The summed E-state index contributed by atoms with van der Waals surface area (Å²) in [7, 11) is 0. The quantitative estimate of drug-likeness (QED) is 0.199. The molecule has 8 bridgehead atoms. The number of hydrogen-bond acceptors (Lipinski definition) is 4. The van der Waals surface area contributed by atoms with E-state index in [-0.39, 0.29) is 12.4 Å². The molecule has 0 atom stereocenters. The highest BCUT2D eigenvalue weighted by Crippen LogP contribution is 2.33. The van der Waals surface area contributed by atoms with Crippen molar-refractivity contribution in [1.82, 2.24) is 19.9 Å². The number of carbonyl (C=O) groups is 1. The van der Waals surface area contributed by atoms with Gasteiger partial charge in [-0.15, -0.1) is 0 Å². The lowest BCUT2D eigenvalue weighted by atomic mass is 10.0. The molecule has 2 N–H and O–H groups in total. The fourth-order valence-corrected chi connectivity index (χ4v) is 5.73. The van der Waals surface area contributed by atoms with E-state index in [9.17, 15) is 4.79 Å². The smallest absolute Gasteiger partial charge is 0.306 e. The van der Waals surface area contributed by atoms with E-state index in [0.717, 1.165) is 72.7 Å². The van der Waals surface area contributed by atoms with E-state index < -0.39 is 0 Å². The second kappa shape index (κ2) is 11.4. The molecule has 2 aromatic carbocycles. The first-order valence-corrected chi connectivity index (χ1v) is 14.5. The molecule has 3 aromatic heterocycles. The summed E-state index contributed by atoms with van der Waals surface area (Å²) in [5.41, 5.74) is 12.2. The van der Waals surface area contributed by atoms with Crippen molar-refractivity contribution in [3.05, 3.63) is 119 Å². The van der Waals surface area contributed by atoms with Gasteiger partial charge < -0.3 is 14.7 Å². The molecule has 0 spiro atoms. The zero-order chi connectivity index (χ0) is 29.2. The minimum absolute atomic E-state index is 0.233. The Labute approximate surface area is 249 Å². The Balaban J connectivity index is 1.57. The van der Waals surface area contributed by atoms with Crippen LogP contribution in [0.4, 0.5) is 0 Å². The number of H-pyrrole nitrogens is 2. The SMILES string of the molecule is CCOC(=O)CCc1c2nc(c(-c3ccccc3)c3ccc(cc4ccc([nH]4)c(-c4ccccc4)c4nc1C=C4)[nH]3)C=C2. The molecule has 0 saturated heterocycles. The lowest BCUT2D eigenvalue weighted by Gasteiger charge is -2.06. The Morgan fingerprint density at radius 1 is 0.651 bits per heavy atom. The number of aromatic amines is 2. The molecule has 0 unspecified atom stereocenters. The molecular formula is C37H30N4O2. The third-order valence-electron chi connectivity index (χ3n) is 7.69. The van der Waals surface area contributed by atoms with Gasteiger partial charge in [0.25, 0.3) is 0 Å². The van der Waals surface area contributed by atoms with Gasteiger partial charge in [-0.3, -0.25) is 4.79 Å². The standard InChI is InChI=1S/C37H30N4O2/c1-2-43-35(42)22-15-28-29-18-20-33(40-29)36(24-9-5-3-6-10-24)31-16-13-26(38-31)23-27-14-17-32(39-27)37(25-11-7-4-8-12-25)34-21-19-30(28)41-34/h3-14,16-21,23,38-39H,2,15,22H2,1H3. The molecule has 0 aliphatic carbocycles. The predicted molar refractivity (Wildman–Crippen MR) is 175 cm³/mol. The molecule has 0 fully saturated rings. The number of nitrogens with one attached hydrogen (secondary N) is 2. The van der Waals surface area contributed by atoms with Gasteiger partial charge in [-0.2, -0.15) is 0 Å². The van der Waals surface area contributed by atoms with Crippen molar-refractivity contribution in [2.24, 2.45) is 0 Å². The van der Waals surface area contributed by atoms with Crippen LogP contribution in [0.25, 0.3) is 68.6 Å². The molecule has 5 heterocycles. The van der Waals surface area contributed by atoms with E-state index in [1.54, 1.807) is 0 Å². The van der Waals surface area contributed by atoms with E-state index in [0.29, 0.717) is 13.0 Å². The fourth-order valence-electron chi connectivity index (χ4n) is 5.73. The third-order valence-corrected chi connectivity index (χ3v) is 7.69. The molecule has 2 aliphatic rings. The first-order valence-electron chi connectivity index (χ1n) is 14.5. The molecule has 5 aromatic rings. The molecule has 6 heteroatoms. The van der Waals surface area contributed by atoms with Gasteiger partial charge in [-0.05, 0) is 79.1 Å². The van der Waals surface area contributed by atoms with E-state index in [1.807, 2.05) is 67.6 Å². The topological polar surface area (TPSA) is 83.7 Å². The molecule has 43 heavy (non-hydrogen) atoms. The zero-order valence-corrected chi connectivity index (χ0v) is 23.8. The van der Waals surface area contributed by atoms with Gasteiger partial charge in [0.15, 0.2) is 0 Å². The van der Waals surface area contributed by atoms with Gasteiger partial charge in [0.2, 0.25) is 0 Å². The van der Waals surface area contributed by atoms with Crippen molar-refractivity contribution in [1.29, 1.82) is 0 Å². The highest BCUT2D eigenvalue weighted by molar-refractivity contribution is 5.93. The Bertz CT molecular complexity index is 1920. The lowest BCUT2D eigenvalue weighted by molar-refractivity contribution is -0.143. The molecule has 210 valence electrons. The van der Waals surface area contributed by atoms with Crippen LogP contribution in [0.1, 0.15) is 41.7 Å². The minimum atomic E-state index is -0.233. The number of benzene rings is 2. The number of ether oxygens (including phenoxy) is 1. The van der Waals surface area contributed by atoms with Crippen molar-refractivity contribution in [3.8, 4) is 22.3 Å². The van der Waals surface area contributed by atoms with Crippen LogP contribution in [0, 0.1) is 0 Å². The van der Waals surface area contributed by atoms with Crippen molar-refractivity contribution in [2.75, 3.05) is 6.61 Å². The van der Waals surface area contributed by atoms with Gasteiger partial charge >= 0.3 is 5.97 Å². The number of esters is 1. The maximum atomic E-state index is 12.5. The van der Waals surface area contributed by atoms with Crippen LogP contribution in [0.15, 0.2) is 91.0 Å². The van der Waals surface area contributed by atoms with Gasteiger partial charge in [-0.25, -0.2) is 9.97 Å². The number of carbonyl (C=O) groups excluding carboxylic acids is 1. The summed E-state index contributed by atoms with van der Waals surface area (Å²) >= 11 is 0. The third kappa shape index (κ3) is 5.31. The summed E-state index contributed by atoms with van der Waals surface area (Å²) in [6.07, 6.45) is 8.86. The Kier molecular flexibility index (Phi) is 7.01. The minimum Gasteiger partial charge on any atom is -0.466 e. The molecule has 0 radical (unpaired) electrons. The van der Waals surface area contributed by atoms with E-state index in [1.165, 1.54) is 0 Å². The molecule has 7 rings (SSSR count). The van der Waals surface area contributed by atoms with Crippen LogP contribution in [-0.2, 0) is 16.0 Å². The maximum Gasteiger partial charge on any atom is 0.306 e. The molecule has 0 saturated carbocycles. The second-order valence-electron chi connectivity index (χ2n) is 10.5.